The van der Waals surface area contributed by atoms with Crippen LogP contribution in [-0.2, 0) is 13.9 Å². The van der Waals surface area contributed by atoms with E-state index in [0.717, 1.165) is 0 Å². The van der Waals surface area contributed by atoms with Gasteiger partial charge >= 0.3 is 7.75 Å². The van der Waals surface area contributed by atoms with Gasteiger partial charge in [0.15, 0.2) is 0 Å². The van der Waals surface area contributed by atoms with Crippen LogP contribution in [0.3, 0.4) is 0 Å². The highest BCUT2D eigenvalue weighted by Gasteiger charge is 2.52. The van der Waals surface area contributed by atoms with Crippen molar-refractivity contribution >= 4 is 13.7 Å². The summed E-state index contributed by atoms with van der Waals surface area (Å²) in [5, 5.41) is 9.19. The number of nitrogens with zero attached hydrogens (tertiary/aromatic N) is 3. The van der Waals surface area contributed by atoms with Crippen molar-refractivity contribution in [2.45, 2.75) is 44.4 Å². The highest BCUT2D eigenvalue weighted by molar-refractivity contribution is 7.51. The maximum Gasteiger partial charge on any atom is 0.487 e. The summed E-state index contributed by atoms with van der Waals surface area (Å²) >= 11 is 0. The molecule has 1 N–H and O–H groups in total. The fraction of sp³-hybridized carbons (Fsp3) is 0.500. The van der Waals surface area contributed by atoms with E-state index in [2.05, 4.69) is 4.95 Å². The maximum atomic E-state index is 12.4. The van der Waals surface area contributed by atoms with Gasteiger partial charge in [0, 0.05) is 23.5 Å². The molecule has 138 valence electrons. The summed E-state index contributed by atoms with van der Waals surface area (Å²) in [7, 11) is -4.76. The molecular weight excluding hydrogens is 361 g/mol. The molecule has 0 saturated carbocycles. The molecule has 2 aliphatic heterocycles. The molecule has 1 aromatic rings. The van der Waals surface area contributed by atoms with Crippen LogP contribution in [0, 0.1) is 16.2 Å². The van der Waals surface area contributed by atoms with Crippen LogP contribution in [0.5, 0.6) is 5.75 Å². The van der Waals surface area contributed by atoms with Crippen molar-refractivity contribution in [2.75, 3.05) is 6.54 Å². The quantitative estimate of drug-likeness (QED) is 0.629. The molecule has 0 radical (unpaired) electrons. The molecule has 0 aliphatic carbocycles. The van der Waals surface area contributed by atoms with Gasteiger partial charge in [0.2, 0.25) is 5.91 Å². The lowest BCUT2D eigenvalue weighted by Gasteiger charge is -2.47. The Morgan fingerprint density at radius 3 is 2.81 bits per heavy atom. The Morgan fingerprint density at radius 2 is 2.23 bits per heavy atom. The molecule has 1 saturated heterocycles. The zero-order valence-electron chi connectivity index (χ0n) is 14.3. The lowest BCUT2D eigenvalue weighted by atomic mass is 9.85. The topological polar surface area (TPSA) is 129 Å². The SMILES string of the molecule is CC1(C)Oc2ccc(C#N)cc2[C@H](N2CCCC2=O)[C@@H]1OP(=O)(O)N=O. The lowest BCUT2D eigenvalue weighted by molar-refractivity contribution is -0.138. The standard InChI is InChI=1S/C16H18N3O6P/c1-16(2)15(25-26(22,23)18-21)14(19-7-3-4-13(19)20)11-8-10(9-17)5-6-12(11)24-16/h5-6,8,14-15H,3-4,7H2,1-2H3,(H,22,23)/t14-,15-/m0/s1. The van der Waals surface area contributed by atoms with Gasteiger partial charge < -0.3 is 14.5 Å². The van der Waals surface area contributed by atoms with Crippen molar-refractivity contribution in [1.82, 2.24) is 4.90 Å². The van der Waals surface area contributed by atoms with Gasteiger partial charge in [-0.25, -0.2) is 4.57 Å². The van der Waals surface area contributed by atoms with Crippen LogP contribution in [-0.4, -0.2) is 34.0 Å². The molecule has 10 heteroatoms. The second-order valence-corrected chi connectivity index (χ2v) is 8.16. The van der Waals surface area contributed by atoms with E-state index in [1.165, 1.54) is 0 Å². The summed E-state index contributed by atoms with van der Waals surface area (Å²) in [6.07, 6.45) is -0.140. The van der Waals surface area contributed by atoms with Gasteiger partial charge in [0.1, 0.15) is 17.5 Å². The maximum absolute atomic E-state index is 12.4. The number of hydrogen-bond donors (Lipinski definition) is 1. The van der Waals surface area contributed by atoms with Gasteiger partial charge in [0.05, 0.1) is 17.7 Å². The van der Waals surface area contributed by atoms with E-state index < -0.39 is 25.5 Å². The molecular formula is C16H18N3O6P. The fourth-order valence-corrected chi connectivity index (χ4v) is 4.18. The lowest BCUT2D eigenvalue weighted by Crippen LogP contribution is -2.54. The minimum atomic E-state index is -4.76. The highest BCUT2D eigenvalue weighted by Crippen LogP contribution is 2.53. The van der Waals surface area contributed by atoms with E-state index >= 15 is 0 Å². The van der Waals surface area contributed by atoms with Crippen LogP contribution in [0.2, 0.25) is 0 Å². The molecule has 1 aromatic carbocycles. The molecule has 2 aliphatic rings. The second-order valence-electron chi connectivity index (χ2n) is 6.80. The molecule has 1 amide bonds. The van der Waals surface area contributed by atoms with Crippen molar-refractivity contribution < 1.29 is 23.5 Å². The van der Waals surface area contributed by atoms with Crippen LogP contribution in [0.1, 0.15) is 43.9 Å². The number of hydrogen-bond acceptors (Lipinski definition) is 6. The van der Waals surface area contributed by atoms with Crippen molar-refractivity contribution in [3.8, 4) is 11.8 Å². The largest absolute Gasteiger partial charge is 0.487 e. The highest BCUT2D eigenvalue weighted by atomic mass is 31.2. The Hall–Kier alpha value is -2.27. The third-order valence-electron chi connectivity index (χ3n) is 4.60. The number of likely N-dealkylation sites (tertiary alicyclic amines) is 1. The van der Waals surface area contributed by atoms with Gasteiger partial charge in [-0.3, -0.25) is 9.32 Å². The monoisotopic (exact) mass is 379 g/mol. The van der Waals surface area contributed by atoms with E-state index in [4.69, 9.17) is 9.26 Å². The number of nitriles is 1. The first-order valence-electron chi connectivity index (χ1n) is 8.07. The van der Waals surface area contributed by atoms with Crippen LogP contribution in [0.4, 0.5) is 0 Å². The number of carbonyl (C=O) groups is 1. The number of carbonyl (C=O) groups excluding carboxylic acids is 1. The molecule has 1 unspecified atom stereocenters. The molecule has 9 nitrogen and oxygen atoms in total. The average Bonchev–Trinajstić information content (AvgIpc) is 3.00. The zero-order chi connectivity index (χ0) is 19.1. The number of ether oxygens (including phenoxy) is 1. The molecule has 2 heterocycles. The third-order valence-corrected chi connectivity index (χ3v) is 5.31. The number of nitroso groups, excluding NO2 is 1. The van der Waals surface area contributed by atoms with Crippen molar-refractivity contribution in [1.29, 1.82) is 5.26 Å². The van der Waals surface area contributed by atoms with E-state index in [1.807, 2.05) is 6.07 Å². The van der Waals surface area contributed by atoms with Gasteiger partial charge in [-0.2, -0.15) is 5.26 Å². The second kappa shape index (κ2) is 6.47. The Kier molecular flexibility index (Phi) is 4.61. The van der Waals surface area contributed by atoms with Crippen molar-refractivity contribution in [2.24, 2.45) is 4.95 Å². The first-order chi connectivity index (χ1) is 12.2. The normalized spacial score (nSPS) is 26.4. The third kappa shape index (κ3) is 3.23. The summed E-state index contributed by atoms with van der Waals surface area (Å²) in [4.78, 5) is 36.4. The molecule has 3 rings (SSSR count). The molecule has 0 aromatic heterocycles. The predicted molar refractivity (Wildman–Crippen MR) is 90.0 cm³/mol. The molecule has 1 fully saturated rings. The van der Waals surface area contributed by atoms with Gasteiger partial charge in [-0.05, 0) is 38.5 Å². The van der Waals surface area contributed by atoms with Crippen LogP contribution < -0.4 is 4.74 Å². The molecule has 0 spiro atoms. The number of amides is 1. The van der Waals surface area contributed by atoms with Crippen LogP contribution >= 0.6 is 7.75 Å². The van der Waals surface area contributed by atoms with E-state index in [1.54, 1.807) is 36.9 Å². The summed E-state index contributed by atoms with van der Waals surface area (Å²) in [5.74, 6) is 0.312. The summed E-state index contributed by atoms with van der Waals surface area (Å²) < 4.78 is 22.9. The Balaban J connectivity index is 2.16. The number of rotatable bonds is 4. The molecule has 26 heavy (non-hydrogen) atoms. The predicted octanol–water partition coefficient (Wildman–Crippen LogP) is 2.64. The molecule has 3 atom stereocenters. The van der Waals surface area contributed by atoms with Gasteiger partial charge in [-0.15, -0.1) is 4.91 Å². The minimum Gasteiger partial charge on any atom is -0.485 e. The minimum absolute atomic E-state index is 0.138. The van der Waals surface area contributed by atoms with Gasteiger partial charge in [0.25, 0.3) is 0 Å². The van der Waals surface area contributed by atoms with Crippen LogP contribution in [0.25, 0.3) is 0 Å². The van der Waals surface area contributed by atoms with Crippen molar-refractivity contribution in [3.63, 3.8) is 0 Å². The van der Waals surface area contributed by atoms with E-state index in [-0.39, 0.29) is 5.91 Å². The van der Waals surface area contributed by atoms with E-state index in [0.29, 0.717) is 36.3 Å². The Morgan fingerprint density at radius 1 is 1.50 bits per heavy atom. The average molecular weight is 379 g/mol. The number of fused-ring (bicyclic) bond motifs is 1. The number of benzene rings is 1. The smallest absolute Gasteiger partial charge is 0.485 e. The fourth-order valence-electron chi connectivity index (χ4n) is 3.47. The first-order valence-corrected chi connectivity index (χ1v) is 9.60. The van der Waals surface area contributed by atoms with Gasteiger partial charge in [-0.1, -0.05) is 0 Å². The zero-order valence-corrected chi connectivity index (χ0v) is 15.2. The molecule has 0 bridgehead atoms. The first kappa shape index (κ1) is 18.5. The summed E-state index contributed by atoms with van der Waals surface area (Å²) in [5.41, 5.74) is -0.282. The van der Waals surface area contributed by atoms with E-state index in [9.17, 15) is 24.4 Å². The van der Waals surface area contributed by atoms with Crippen molar-refractivity contribution in [3.05, 3.63) is 34.2 Å². The Labute approximate surface area is 150 Å². The summed E-state index contributed by atoms with van der Waals surface area (Å²) in [6, 6.07) is 6.01. The van der Waals surface area contributed by atoms with Crippen LogP contribution in [0.15, 0.2) is 23.1 Å². The Bertz CT molecular complexity index is 849. The summed E-state index contributed by atoms with van der Waals surface area (Å²) in [6.45, 7) is 3.70.